The summed E-state index contributed by atoms with van der Waals surface area (Å²) in [6, 6.07) is 5.82. The molecule has 2 atom stereocenters. The molecular formula is C20H26N2O4. The van der Waals surface area contributed by atoms with Crippen molar-refractivity contribution in [2.45, 2.75) is 39.2 Å². The second kappa shape index (κ2) is 7.91. The van der Waals surface area contributed by atoms with Gasteiger partial charge < -0.3 is 14.6 Å². The fourth-order valence-electron chi connectivity index (χ4n) is 3.49. The van der Waals surface area contributed by atoms with Crippen LogP contribution >= 0.6 is 0 Å². The van der Waals surface area contributed by atoms with Crippen molar-refractivity contribution >= 4 is 6.29 Å². The predicted octanol–water partition coefficient (Wildman–Crippen LogP) is 3.49. The van der Waals surface area contributed by atoms with E-state index in [1.165, 1.54) is 0 Å². The molecule has 0 amide bonds. The number of aldehydes is 1. The van der Waals surface area contributed by atoms with Crippen LogP contribution in [0.15, 0.2) is 24.4 Å². The van der Waals surface area contributed by atoms with Gasteiger partial charge in [-0.05, 0) is 44.9 Å². The van der Waals surface area contributed by atoms with E-state index in [2.05, 4.69) is 18.9 Å². The summed E-state index contributed by atoms with van der Waals surface area (Å²) >= 11 is 0. The van der Waals surface area contributed by atoms with Crippen LogP contribution in [0.5, 0.6) is 11.5 Å². The Bertz CT molecular complexity index is 769. The van der Waals surface area contributed by atoms with Crippen LogP contribution in [0.2, 0.25) is 0 Å². The van der Waals surface area contributed by atoms with Crippen molar-refractivity contribution in [1.29, 1.82) is 0 Å². The van der Waals surface area contributed by atoms with Crippen LogP contribution < -0.4 is 4.74 Å². The average Bonchev–Trinajstić information content (AvgIpc) is 3.13. The van der Waals surface area contributed by atoms with Crippen LogP contribution in [0, 0.1) is 12.8 Å². The van der Waals surface area contributed by atoms with Crippen molar-refractivity contribution in [3.63, 3.8) is 0 Å². The summed E-state index contributed by atoms with van der Waals surface area (Å²) in [5.41, 5.74) is 2.01. The van der Waals surface area contributed by atoms with Gasteiger partial charge in [0.15, 0.2) is 6.29 Å². The minimum absolute atomic E-state index is 0.0149. The van der Waals surface area contributed by atoms with Crippen LogP contribution in [0.3, 0.4) is 0 Å². The first-order valence-corrected chi connectivity index (χ1v) is 9.04. The molecule has 2 heterocycles. The number of phenols is 1. The highest BCUT2D eigenvalue weighted by Gasteiger charge is 2.31. The normalized spacial score (nSPS) is 20.3. The molecule has 26 heavy (non-hydrogen) atoms. The maximum atomic E-state index is 11.4. The molecule has 0 aliphatic carbocycles. The van der Waals surface area contributed by atoms with Crippen LogP contribution in [-0.4, -0.2) is 41.0 Å². The lowest BCUT2D eigenvalue weighted by Crippen LogP contribution is -2.32. The molecule has 2 unspecified atom stereocenters. The number of rotatable bonds is 6. The third-order valence-corrected chi connectivity index (χ3v) is 5.02. The molecule has 1 N–H and O–H groups in total. The number of benzene rings is 1. The lowest BCUT2D eigenvalue weighted by atomic mass is 9.86. The fraction of sp³-hybridized carbons (Fsp3) is 0.500. The topological polar surface area (TPSA) is 73.6 Å². The van der Waals surface area contributed by atoms with E-state index in [0.717, 1.165) is 12.1 Å². The smallest absolute Gasteiger partial charge is 0.157 e. The Hall–Kier alpha value is -2.34. The minimum Gasteiger partial charge on any atom is -0.507 e. The van der Waals surface area contributed by atoms with Gasteiger partial charge in [-0.3, -0.25) is 9.48 Å². The number of aryl methyl sites for hydroxylation is 1. The first-order valence-electron chi connectivity index (χ1n) is 9.04. The van der Waals surface area contributed by atoms with Gasteiger partial charge in [-0.2, -0.15) is 5.10 Å². The number of aromatic hydroxyl groups is 1. The Kier molecular flexibility index (Phi) is 5.61. The Morgan fingerprint density at radius 1 is 1.42 bits per heavy atom. The third-order valence-electron chi connectivity index (χ3n) is 5.02. The molecule has 1 aromatic carbocycles. The van der Waals surface area contributed by atoms with Crippen molar-refractivity contribution in [3.05, 3.63) is 41.2 Å². The molecule has 0 radical (unpaired) electrons. The van der Waals surface area contributed by atoms with Gasteiger partial charge in [0, 0.05) is 36.4 Å². The Balaban J connectivity index is 1.79. The van der Waals surface area contributed by atoms with Crippen LogP contribution in [0.4, 0.5) is 0 Å². The molecule has 1 fully saturated rings. The molecule has 140 valence electrons. The summed E-state index contributed by atoms with van der Waals surface area (Å²) in [6.45, 7) is 7.76. The molecule has 0 saturated carbocycles. The largest absolute Gasteiger partial charge is 0.507 e. The number of hydrogen-bond donors (Lipinski definition) is 1. The number of carbonyl (C=O) groups is 1. The van der Waals surface area contributed by atoms with Gasteiger partial charge in [-0.15, -0.1) is 0 Å². The number of nitrogens with zero attached hydrogens (tertiary/aromatic N) is 2. The molecule has 1 aromatic heterocycles. The van der Waals surface area contributed by atoms with Gasteiger partial charge >= 0.3 is 0 Å². The zero-order valence-corrected chi connectivity index (χ0v) is 15.5. The second-order valence-electron chi connectivity index (χ2n) is 7.10. The van der Waals surface area contributed by atoms with Crippen LogP contribution in [0.25, 0.3) is 0 Å². The van der Waals surface area contributed by atoms with Gasteiger partial charge in [0.25, 0.3) is 0 Å². The van der Waals surface area contributed by atoms with Gasteiger partial charge in [-0.1, -0.05) is 6.07 Å². The Morgan fingerprint density at radius 2 is 2.23 bits per heavy atom. The molecular weight excluding hydrogens is 332 g/mol. The quantitative estimate of drug-likeness (QED) is 0.800. The summed E-state index contributed by atoms with van der Waals surface area (Å²) in [6.07, 6.45) is 3.35. The summed E-state index contributed by atoms with van der Waals surface area (Å²) in [4.78, 5) is 11.4. The summed E-state index contributed by atoms with van der Waals surface area (Å²) in [5, 5.41) is 14.5. The van der Waals surface area contributed by atoms with Crippen molar-refractivity contribution < 1.29 is 19.4 Å². The number of aromatic nitrogens is 2. The van der Waals surface area contributed by atoms with Crippen molar-refractivity contribution in [2.75, 3.05) is 19.8 Å². The van der Waals surface area contributed by atoms with E-state index in [0.29, 0.717) is 37.4 Å². The van der Waals surface area contributed by atoms with Gasteiger partial charge in [0.05, 0.1) is 18.8 Å². The molecule has 1 aliphatic rings. The summed E-state index contributed by atoms with van der Waals surface area (Å²) in [5.74, 6) is 0.845. The van der Waals surface area contributed by atoms with Crippen molar-refractivity contribution in [1.82, 2.24) is 9.78 Å². The van der Waals surface area contributed by atoms with E-state index in [4.69, 9.17) is 9.47 Å². The van der Waals surface area contributed by atoms with E-state index in [9.17, 15) is 9.90 Å². The minimum atomic E-state index is -0.0149. The van der Waals surface area contributed by atoms with Crippen molar-refractivity contribution in [3.8, 4) is 11.5 Å². The zero-order chi connectivity index (χ0) is 18.7. The summed E-state index contributed by atoms with van der Waals surface area (Å²) in [7, 11) is 0. The van der Waals surface area contributed by atoms with E-state index >= 15 is 0 Å². The van der Waals surface area contributed by atoms with E-state index < -0.39 is 0 Å². The van der Waals surface area contributed by atoms with Gasteiger partial charge in [0.1, 0.15) is 11.5 Å². The van der Waals surface area contributed by atoms with Crippen LogP contribution in [0.1, 0.15) is 53.8 Å². The first-order chi connectivity index (χ1) is 12.5. The number of carbonyl (C=O) groups excluding carboxylic acids is 1. The number of phenolic OH excluding ortho intramolecular Hbond substituents is 1. The monoisotopic (exact) mass is 358 g/mol. The Labute approximate surface area is 153 Å². The molecule has 1 aliphatic heterocycles. The Morgan fingerprint density at radius 3 is 2.96 bits per heavy atom. The van der Waals surface area contributed by atoms with Crippen LogP contribution in [-0.2, 0) is 4.74 Å². The molecule has 0 bridgehead atoms. The molecule has 2 aromatic rings. The predicted molar refractivity (Wildman–Crippen MR) is 98.0 cm³/mol. The lowest BCUT2D eigenvalue weighted by Gasteiger charge is -2.32. The van der Waals surface area contributed by atoms with Crippen molar-refractivity contribution in [2.24, 2.45) is 5.92 Å². The van der Waals surface area contributed by atoms with Gasteiger partial charge in [0.2, 0.25) is 0 Å². The molecule has 0 spiro atoms. The average molecular weight is 358 g/mol. The standard InChI is InChI=1S/C20H26N2O4/c1-13(2)22-18(6-8-21-22)17-12-25-9-7-15(17)11-26-19-5-4-14(3)20(24)16(19)10-23/h4-6,8,10,13,15,17,24H,7,9,11-12H2,1-3H3. The highest BCUT2D eigenvalue weighted by molar-refractivity contribution is 5.84. The van der Waals surface area contributed by atoms with Gasteiger partial charge in [-0.25, -0.2) is 0 Å². The lowest BCUT2D eigenvalue weighted by molar-refractivity contribution is 0.0272. The molecule has 3 rings (SSSR count). The first kappa shape index (κ1) is 18.5. The maximum Gasteiger partial charge on any atom is 0.157 e. The molecule has 6 heteroatoms. The van der Waals surface area contributed by atoms with E-state index in [-0.39, 0.29) is 29.2 Å². The molecule has 1 saturated heterocycles. The second-order valence-corrected chi connectivity index (χ2v) is 7.10. The SMILES string of the molecule is Cc1ccc(OCC2CCOCC2c2ccnn2C(C)C)c(C=O)c1O. The maximum absolute atomic E-state index is 11.4. The highest BCUT2D eigenvalue weighted by atomic mass is 16.5. The highest BCUT2D eigenvalue weighted by Crippen LogP contribution is 2.34. The number of ether oxygens (including phenoxy) is 2. The third kappa shape index (κ3) is 3.60. The molecule has 6 nitrogen and oxygen atoms in total. The van der Waals surface area contributed by atoms with E-state index in [1.807, 2.05) is 16.9 Å². The fourth-order valence-corrected chi connectivity index (χ4v) is 3.49. The summed E-state index contributed by atoms with van der Waals surface area (Å²) < 4.78 is 13.7. The van der Waals surface area contributed by atoms with E-state index in [1.54, 1.807) is 19.1 Å². The zero-order valence-electron chi connectivity index (χ0n) is 15.5. The number of hydrogen-bond acceptors (Lipinski definition) is 5.